The van der Waals surface area contributed by atoms with Gasteiger partial charge >= 0.3 is 0 Å². The summed E-state index contributed by atoms with van der Waals surface area (Å²) in [5.41, 5.74) is 10.1. The Balaban J connectivity index is 2.17. The van der Waals surface area contributed by atoms with Crippen LogP contribution in [0, 0.1) is 0 Å². The first-order chi connectivity index (χ1) is 10.3. The molecule has 21 heavy (non-hydrogen) atoms. The van der Waals surface area contributed by atoms with Crippen molar-refractivity contribution in [3.8, 4) is 0 Å². The number of nitrogen functional groups attached to an aromatic ring is 1. The lowest BCUT2D eigenvalue weighted by Gasteiger charge is -2.26. The van der Waals surface area contributed by atoms with Crippen LogP contribution in [0.15, 0.2) is 83.3 Å². The topological polar surface area (TPSA) is 29.3 Å². The molecule has 0 spiro atoms. The van der Waals surface area contributed by atoms with Crippen LogP contribution < -0.4 is 10.6 Å². The van der Waals surface area contributed by atoms with E-state index < -0.39 is 0 Å². The van der Waals surface area contributed by atoms with Crippen molar-refractivity contribution in [2.24, 2.45) is 0 Å². The van der Waals surface area contributed by atoms with E-state index in [-0.39, 0.29) is 0 Å². The monoisotopic (exact) mass is 338 g/mol. The van der Waals surface area contributed by atoms with E-state index in [1.165, 1.54) is 0 Å². The van der Waals surface area contributed by atoms with Gasteiger partial charge in [-0.15, -0.1) is 0 Å². The van der Waals surface area contributed by atoms with E-state index in [9.17, 15) is 0 Å². The van der Waals surface area contributed by atoms with Crippen molar-refractivity contribution < 1.29 is 0 Å². The van der Waals surface area contributed by atoms with Crippen LogP contribution in [0.1, 0.15) is 0 Å². The van der Waals surface area contributed by atoms with Gasteiger partial charge in [-0.3, -0.25) is 0 Å². The maximum Gasteiger partial charge on any atom is 0.0691 e. The number of hydrogen-bond acceptors (Lipinski definition) is 2. The van der Waals surface area contributed by atoms with E-state index >= 15 is 0 Å². The predicted molar refractivity (Wildman–Crippen MR) is 93.2 cm³/mol. The van der Waals surface area contributed by atoms with Crippen LogP contribution in [0.4, 0.5) is 22.7 Å². The molecule has 3 aromatic rings. The first kappa shape index (κ1) is 13.7. The minimum Gasteiger partial charge on any atom is -0.397 e. The van der Waals surface area contributed by atoms with Crippen LogP contribution in [0.3, 0.4) is 0 Å². The summed E-state index contributed by atoms with van der Waals surface area (Å²) >= 11 is 3.46. The predicted octanol–water partition coefficient (Wildman–Crippen LogP) is 5.50. The van der Waals surface area contributed by atoms with Gasteiger partial charge in [-0.05, 0) is 42.5 Å². The quantitative estimate of drug-likeness (QED) is 0.638. The number of para-hydroxylation sites is 2. The van der Waals surface area contributed by atoms with Gasteiger partial charge in [-0.1, -0.05) is 52.3 Å². The molecule has 3 aromatic carbocycles. The minimum absolute atomic E-state index is 0.733. The molecule has 0 saturated carbocycles. The first-order valence-electron chi connectivity index (χ1n) is 6.71. The molecule has 0 aliphatic rings. The highest BCUT2D eigenvalue weighted by Crippen LogP contribution is 2.38. The Kier molecular flexibility index (Phi) is 3.93. The summed E-state index contributed by atoms with van der Waals surface area (Å²) < 4.78 is 0.977. The normalized spacial score (nSPS) is 10.3. The van der Waals surface area contributed by atoms with E-state index in [2.05, 4.69) is 45.1 Å². The van der Waals surface area contributed by atoms with Gasteiger partial charge in [0.15, 0.2) is 0 Å². The third kappa shape index (κ3) is 2.93. The molecule has 0 aliphatic carbocycles. The van der Waals surface area contributed by atoms with Crippen molar-refractivity contribution in [3.05, 3.63) is 83.3 Å². The molecular formula is C18H15BrN2. The molecule has 0 heterocycles. The van der Waals surface area contributed by atoms with Crippen LogP contribution in [0.2, 0.25) is 0 Å². The second-order valence-electron chi connectivity index (χ2n) is 4.71. The van der Waals surface area contributed by atoms with Crippen molar-refractivity contribution in [2.45, 2.75) is 0 Å². The highest BCUT2D eigenvalue weighted by atomic mass is 79.9. The van der Waals surface area contributed by atoms with Gasteiger partial charge in [-0.25, -0.2) is 0 Å². The SMILES string of the molecule is Nc1cc(Br)ccc1N(c1ccccc1)c1ccccc1. The molecule has 3 rings (SSSR count). The van der Waals surface area contributed by atoms with Gasteiger partial charge in [0.2, 0.25) is 0 Å². The molecule has 0 atom stereocenters. The molecule has 104 valence electrons. The van der Waals surface area contributed by atoms with E-state index in [0.29, 0.717) is 0 Å². The number of halogens is 1. The van der Waals surface area contributed by atoms with Gasteiger partial charge in [0, 0.05) is 15.8 Å². The summed E-state index contributed by atoms with van der Waals surface area (Å²) in [5, 5.41) is 0. The Labute approximate surface area is 133 Å². The highest BCUT2D eigenvalue weighted by Gasteiger charge is 2.14. The zero-order chi connectivity index (χ0) is 14.7. The van der Waals surface area contributed by atoms with Crippen LogP contribution in [0.5, 0.6) is 0 Å². The first-order valence-corrected chi connectivity index (χ1v) is 7.50. The zero-order valence-corrected chi connectivity index (χ0v) is 13.0. The lowest BCUT2D eigenvalue weighted by atomic mass is 10.1. The number of nitrogens with two attached hydrogens (primary N) is 1. The Morgan fingerprint density at radius 1 is 0.714 bits per heavy atom. The molecule has 3 heteroatoms. The standard InChI is InChI=1S/C18H15BrN2/c19-14-11-12-18(17(20)13-14)21(15-7-3-1-4-8-15)16-9-5-2-6-10-16/h1-13H,20H2. The molecule has 0 bridgehead atoms. The Morgan fingerprint density at radius 3 is 1.71 bits per heavy atom. The second-order valence-corrected chi connectivity index (χ2v) is 5.63. The molecular weight excluding hydrogens is 324 g/mol. The Bertz CT molecular complexity index is 687. The van der Waals surface area contributed by atoms with Crippen LogP contribution in [0.25, 0.3) is 0 Å². The van der Waals surface area contributed by atoms with Gasteiger partial charge in [0.25, 0.3) is 0 Å². The molecule has 0 fully saturated rings. The fourth-order valence-corrected chi connectivity index (χ4v) is 2.69. The lowest BCUT2D eigenvalue weighted by molar-refractivity contribution is 1.28. The maximum absolute atomic E-state index is 6.23. The van der Waals surface area contributed by atoms with E-state index in [1.807, 2.05) is 54.6 Å². The smallest absolute Gasteiger partial charge is 0.0691 e. The summed E-state index contributed by atoms with van der Waals surface area (Å²) in [7, 11) is 0. The van der Waals surface area contributed by atoms with Crippen molar-refractivity contribution in [2.75, 3.05) is 10.6 Å². The molecule has 0 aliphatic heterocycles. The molecule has 2 N–H and O–H groups in total. The van der Waals surface area contributed by atoms with Crippen LogP contribution in [-0.2, 0) is 0 Å². The number of nitrogens with zero attached hydrogens (tertiary/aromatic N) is 1. The van der Waals surface area contributed by atoms with Crippen molar-refractivity contribution in [1.29, 1.82) is 0 Å². The second kappa shape index (κ2) is 6.02. The number of rotatable bonds is 3. The van der Waals surface area contributed by atoms with Gasteiger partial charge < -0.3 is 10.6 Å². The Hall–Kier alpha value is -2.26. The Morgan fingerprint density at radius 2 is 1.24 bits per heavy atom. The summed E-state index contributed by atoms with van der Waals surface area (Å²) in [5.74, 6) is 0. The number of anilines is 4. The average molecular weight is 339 g/mol. The summed E-state index contributed by atoms with van der Waals surface area (Å²) in [6, 6.07) is 26.4. The van der Waals surface area contributed by atoms with E-state index in [0.717, 1.165) is 27.2 Å². The lowest BCUT2D eigenvalue weighted by Crippen LogP contribution is -2.11. The summed E-state index contributed by atoms with van der Waals surface area (Å²) in [4.78, 5) is 2.15. The summed E-state index contributed by atoms with van der Waals surface area (Å²) in [6.45, 7) is 0. The van der Waals surface area contributed by atoms with Crippen molar-refractivity contribution in [1.82, 2.24) is 0 Å². The molecule has 0 radical (unpaired) electrons. The molecule has 2 nitrogen and oxygen atoms in total. The van der Waals surface area contributed by atoms with Gasteiger partial charge in [0.05, 0.1) is 11.4 Å². The van der Waals surface area contributed by atoms with Gasteiger partial charge in [-0.2, -0.15) is 0 Å². The molecule has 0 unspecified atom stereocenters. The third-order valence-corrected chi connectivity index (χ3v) is 3.75. The fraction of sp³-hybridized carbons (Fsp3) is 0. The van der Waals surface area contributed by atoms with Gasteiger partial charge in [0.1, 0.15) is 0 Å². The fourth-order valence-electron chi connectivity index (χ4n) is 2.31. The number of hydrogen-bond donors (Lipinski definition) is 1. The average Bonchev–Trinajstić information content (AvgIpc) is 2.52. The molecule has 0 amide bonds. The largest absolute Gasteiger partial charge is 0.397 e. The van der Waals surface area contributed by atoms with E-state index in [1.54, 1.807) is 0 Å². The van der Waals surface area contributed by atoms with Crippen molar-refractivity contribution >= 4 is 38.7 Å². The van der Waals surface area contributed by atoms with Crippen molar-refractivity contribution in [3.63, 3.8) is 0 Å². The minimum atomic E-state index is 0.733. The molecule has 0 aromatic heterocycles. The van der Waals surface area contributed by atoms with Crippen LogP contribution >= 0.6 is 15.9 Å². The zero-order valence-electron chi connectivity index (χ0n) is 11.4. The van der Waals surface area contributed by atoms with E-state index in [4.69, 9.17) is 5.73 Å². The number of benzene rings is 3. The maximum atomic E-state index is 6.23. The third-order valence-electron chi connectivity index (χ3n) is 3.26. The van der Waals surface area contributed by atoms with Crippen LogP contribution in [-0.4, -0.2) is 0 Å². The highest BCUT2D eigenvalue weighted by molar-refractivity contribution is 9.10. The summed E-state index contributed by atoms with van der Waals surface area (Å²) in [6.07, 6.45) is 0. The molecule has 0 saturated heterocycles.